The van der Waals surface area contributed by atoms with E-state index in [9.17, 15) is 14.7 Å². The quantitative estimate of drug-likeness (QED) is 0.317. The Morgan fingerprint density at radius 1 is 0.970 bits per heavy atom. The molecule has 3 aromatic rings. The number of benzene rings is 3. The maximum atomic E-state index is 13.1. The van der Waals surface area contributed by atoms with E-state index >= 15 is 0 Å². The van der Waals surface area contributed by atoms with Gasteiger partial charge in [-0.1, -0.05) is 11.6 Å². The first kappa shape index (κ1) is 22.5. The predicted octanol–water partition coefficient (Wildman–Crippen LogP) is 4.74. The number of aromatic hydroxyl groups is 1. The molecule has 7 nitrogen and oxygen atoms in total. The summed E-state index contributed by atoms with van der Waals surface area (Å²) in [4.78, 5) is 25.5. The van der Waals surface area contributed by atoms with Gasteiger partial charge >= 0.3 is 5.97 Å². The molecule has 0 spiro atoms. The highest BCUT2D eigenvalue weighted by Crippen LogP contribution is 2.49. The van der Waals surface area contributed by atoms with Crippen LogP contribution in [0.1, 0.15) is 39.4 Å². The van der Waals surface area contributed by atoms with Crippen LogP contribution in [0.25, 0.3) is 0 Å². The Labute approximate surface area is 195 Å². The number of carbonyl (C=O) groups is 2. The van der Waals surface area contributed by atoms with E-state index in [-0.39, 0.29) is 29.3 Å². The SMILES string of the molecule is COc1cc(OC)c([C@H]2CC(=O)Oc3ccc(C(=O)c4ccc(Cl)cc4)c(O)c32)cc1OC. The zero-order valence-electron chi connectivity index (χ0n) is 18.2. The average Bonchev–Trinajstić information content (AvgIpc) is 2.82. The molecule has 0 fully saturated rings. The summed E-state index contributed by atoms with van der Waals surface area (Å²) < 4.78 is 21.7. The van der Waals surface area contributed by atoms with Crippen LogP contribution in [0, 0.1) is 0 Å². The number of hydrogen-bond donors (Lipinski definition) is 1. The van der Waals surface area contributed by atoms with E-state index in [0.29, 0.717) is 39.0 Å². The molecule has 0 saturated heterocycles. The van der Waals surface area contributed by atoms with Crippen LogP contribution in [-0.2, 0) is 4.79 Å². The third-order valence-corrected chi connectivity index (χ3v) is 5.83. The lowest BCUT2D eigenvalue weighted by atomic mass is 9.83. The summed E-state index contributed by atoms with van der Waals surface area (Å²) in [5, 5.41) is 11.7. The van der Waals surface area contributed by atoms with Crippen molar-refractivity contribution in [3.05, 3.63) is 75.8 Å². The summed E-state index contributed by atoms with van der Waals surface area (Å²) in [5.74, 6) is -0.266. The molecule has 1 atom stereocenters. The molecule has 170 valence electrons. The molecule has 0 unspecified atom stereocenters. The second kappa shape index (κ2) is 9.03. The third kappa shape index (κ3) is 4.07. The van der Waals surface area contributed by atoms with Crippen LogP contribution in [-0.4, -0.2) is 38.2 Å². The minimum atomic E-state index is -0.644. The Hall–Kier alpha value is -3.71. The summed E-state index contributed by atoms with van der Waals surface area (Å²) in [7, 11) is 4.50. The van der Waals surface area contributed by atoms with E-state index in [4.69, 9.17) is 30.5 Å². The topological polar surface area (TPSA) is 91.3 Å². The van der Waals surface area contributed by atoms with Crippen LogP contribution < -0.4 is 18.9 Å². The van der Waals surface area contributed by atoms with Crippen LogP contribution in [0.15, 0.2) is 48.5 Å². The van der Waals surface area contributed by atoms with Crippen molar-refractivity contribution in [1.82, 2.24) is 0 Å². The number of fused-ring (bicyclic) bond motifs is 1. The molecule has 0 saturated carbocycles. The molecule has 1 aliphatic heterocycles. The molecule has 3 aromatic carbocycles. The highest BCUT2D eigenvalue weighted by molar-refractivity contribution is 6.30. The van der Waals surface area contributed by atoms with Crippen LogP contribution in [0.3, 0.4) is 0 Å². The minimum Gasteiger partial charge on any atom is -0.507 e. The molecule has 1 N–H and O–H groups in total. The van der Waals surface area contributed by atoms with Gasteiger partial charge in [0.1, 0.15) is 17.2 Å². The lowest BCUT2D eigenvalue weighted by Gasteiger charge is -2.28. The Morgan fingerprint density at radius 2 is 1.61 bits per heavy atom. The summed E-state index contributed by atoms with van der Waals surface area (Å²) >= 11 is 5.92. The molecule has 0 bridgehead atoms. The van der Waals surface area contributed by atoms with Crippen molar-refractivity contribution in [2.75, 3.05) is 21.3 Å². The Balaban J connectivity index is 1.88. The summed E-state index contributed by atoms with van der Waals surface area (Å²) in [5.41, 5.74) is 1.35. The van der Waals surface area contributed by atoms with E-state index in [1.807, 2.05) is 0 Å². The first-order chi connectivity index (χ1) is 15.9. The number of ketones is 1. The molecule has 0 aliphatic carbocycles. The first-order valence-corrected chi connectivity index (χ1v) is 10.4. The lowest BCUT2D eigenvalue weighted by molar-refractivity contribution is -0.135. The van der Waals surface area contributed by atoms with E-state index in [0.717, 1.165) is 0 Å². The number of halogens is 1. The molecule has 1 heterocycles. The zero-order chi connectivity index (χ0) is 23.7. The number of ether oxygens (including phenoxy) is 4. The van der Waals surface area contributed by atoms with Gasteiger partial charge < -0.3 is 24.1 Å². The van der Waals surface area contributed by atoms with E-state index in [1.165, 1.54) is 33.5 Å². The Kier molecular flexibility index (Phi) is 6.16. The maximum absolute atomic E-state index is 13.1. The molecule has 8 heteroatoms. The molecule has 0 amide bonds. The molecule has 4 rings (SSSR count). The number of hydrogen-bond acceptors (Lipinski definition) is 7. The van der Waals surface area contributed by atoms with E-state index in [2.05, 4.69) is 0 Å². The number of phenols is 1. The number of carbonyl (C=O) groups excluding carboxylic acids is 2. The smallest absolute Gasteiger partial charge is 0.312 e. The van der Waals surface area contributed by atoms with Gasteiger partial charge in [0.25, 0.3) is 0 Å². The van der Waals surface area contributed by atoms with Crippen molar-refractivity contribution in [1.29, 1.82) is 0 Å². The monoisotopic (exact) mass is 468 g/mol. The summed E-state index contributed by atoms with van der Waals surface area (Å²) in [6.45, 7) is 0. The van der Waals surface area contributed by atoms with Crippen molar-refractivity contribution in [2.24, 2.45) is 0 Å². The van der Waals surface area contributed by atoms with Crippen LogP contribution in [0.4, 0.5) is 0 Å². The maximum Gasteiger partial charge on any atom is 0.312 e. The molecular formula is C25H21ClO7. The van der Waals surface area contributed by atoms with Gasteiger partial charge in [0, 0.05) is 33.7 Å². The largest absolute Gasteiger partial charge is 0.507 e. The number of methoxy groups -OCH3 is 3. The molecule has 0 radical (unpaired) electrons. The molecule has 0 aromatic heterocycles. The average molecular weight is 469 g/mol. The normalized spacial score (nSPS) is 14.8. The fraction of sp³-hybridized carbons (Fsp3) is 0.200. The van der Waals surface area contributed by atoms with E-state index < -0.39 is 11.9 Å². The summed E-state index contributed by atoms with van der Waals surface area (Å²) in [6.07, 6.45) is -0.0645. The van der Waals surface area contributed by atoms with Gasteiger partial charge in [0.15, 0.2) is 17.3 Å². The van der Waals surface area contributed by atoms with Crippen molar-refractivity contribution < 1.29 is 33.6 Å². The minimum absolute atomic E-state index is 0.0645. The van der Waals surface area contributed by atoms with Gasteiger partial charge in [-0.15, -0.1) is 0 Å². The Bertz CT molecular complexity index is 1230. The van der Waals surface area contributed by atoms with Gasteiger partial charge in [0.05, 0.1) is 33.3 Å². The molecule has 33 heavy (non-hydrogen) atoms. The zero-order valence-corrected chi connectivity index (χ0v) is 18.9. The van der Waals surface area contributed by atoms with Gasteiger partial charge in [-0.05, 0) is 42.5 Å². The number of phenolic OH excluding ortho intramolecular Hbond substituents is 1. The van der Waals surface area contributed by atoms with Crippen LogP contribution in [0.5, 0.6) is 28.7 Å². The molecular weight excluding hydrogens is 448 g/mol. The van der Waals surface area contributed by atoms with Crippen molar-refractivity contribution in [2.45, 2.75) is 12.3 Å². The second-order valence-corrected chi connectivity index (χ2v) is 7.83. The summed E-state index contributed by atoms with van der Waals surface area (Å²) in [6, 6.07) is 12.6. The van der Waals surface area contributed by atoms with Gasteiger partial charge in [-0.25, -0.2) is 0 Å². The van der Waals surface area contributed by atoms with Crippen molar-refractivity contribution >= 4 is 23.4 Å². The van der Waals surface area contributed by atoms with Crippen LogP contribution in [0.2, 0.25) is 5.02 Å². The van der Waals surface area contributed by atoms with Gasteiger partial charge in [-0.3, -0.25) is 9.59 Å². The fourth-order valence-corrected chi connectivity index (χ4v) is 4.10. The first-order valence-electron chi connectivity index (χ1n) is 10.0. The standard InChI is InChI=1S/C25H21ClO7/c1-30-19-12-21(32-3)20(31-2)10-16(19)17-11-22(27)33-18-9-8-15(25(29)23(17)18)24(28)13-4-6-14(26)7-5-13/h4-10,12,17,29H,11H2,1-3H3/t17-/m1/s1. The third-order valence-electron chi connectivity index (χ3n) is 5.58. The highest BCUT2D eigenvalue weighted by atomic mass is 35.5. The second-order valence-electron chi connectivity index (χ2n) is 7.39. The van der Waals surface area contributed by atoms with Crippen molar-refractivity contribution in [3.8, 4) is 28.7 Å². The highest BCUT2D eigenvalue weighted by Gasteiger charge is 2.35. The Morgan fingerprint density at radius 3 is 2.24 bits per heavy atom. The predicted molar refractivity (Wildman–Crippen MR) is 121 cm³/mol. The van der Waals surface area contributed by atoms with Crippen LogP contribution >= 0.6 is 11.6 Å². The number of rotatable bonds is 6. The number of esters is 1. The van der Waals surface area contributed by atoms with E-state index in [1.54, 1.807) is 36.4 Å². The van der Waals surface area contributed by atoms with Crippen molar-refractivity contribution in [3.63, 3.8) is 0 Å². The molecule has 1 aliphatic rings. The lowest BCUT2D eigenvalue weighted by Crippen LogP contribution is -2.22. The van der Waals surface area contributed by atoms with Gasteiger partial charge in [0.2, 0.25) is 0 Å². The van der Waals surface area contributed by atoms with Gasteiger partial charge in [-0.2, -0.15) is 0 Å². The fourth-order valence-electron chi connectivity index (χ4n) is 3.98.